The van der Waals surface area contributed by atoms with E-state index in [2.05, 4.69) is 5.32 Å². The van der Waals surface area contributed by atoms with E-state index < -0.39 is 5.97 Å². The van der Waals surface area contributed by atoms with Crippen molar-refractivity contribution in [3.05, 3.63) is 24.3 Å². The van der Waals surface area contributed by atoms with Crippen LogP contribution >= 0.6 is 0 Å². The highest BCUT2D eigenvalue weighted by molar-refractivity contribution is 5.92. The molecule has 136 valence electrons. The van der Waals surface area contributed by atoms with E-state index in [1.807, 2.05) is 0 Å². The van der Waals surface area contributed by atoms with Crippen LogP contribution in [0.2, 0.25) is 0 Å². The molecule has 1 aromatic carbocycles. The Morgan fingerprint density at radius 2 is 1.64 bits per heavy atom. The second-order valence-corrected chi connectivity index (χ2v) is 6.48. The van der Waals surface area contributed by atoms with Crippen LogP contribution in [0.15, 0.2) is 24.3 Å². The summed E-state index contributed by atoms with van der Waals surface area (Å²) >= 11 is 0. The van der Waals surface area contributed by atoms with Crippen molar-refractivity contribution in [2.45, 2.75) is 25.7 Å². The van der Waals surface area contributed by atoms with Crippen LogP contribution in [0.25, 0.3) is 0 Å². The molecule has 2 rings (SSSR count). The van der Waals surface area contributed by atoms with Crippen molar-refractivity contribution in [1.29, 1.82) is 0 Å². The molecule has 2 amide bonds. The first-order valence-corrected chi connectivity index (χ1v) is 8.33. The number of rotatable bonds is 6. The minimum atomic E-state index is -0.776. The lowest BCUT2D eigenvalue weighted by atomic mass is 9.81. The summed E-state index contributed by atoms with van der Waals surface area (Å²) in [7, 11) is 3.32. The van der Waals surface area contributed by atoms with Crippen LogP contribution in [-0.2, 0) is 14.4 Å². The predicted molar refractivity (Wildman–Crippen MR) is 92.3 cm³/mol. The molecule has 7 heteroatoms. The summed E-state index contributed by atoms with van der Waals surface area (Å²) in [5.41, 5.74) is 0.650. The first-order valence-electron chi connectivity index (χ1n) is 8.33. The summed E-state index contributed by atoms with van der Waals surface area (Å²) in [4.78, 5) is 36.2. The number of benzene rings is 1. The third-order valence-corrected chi connectivity index (χ3v) is 4.43. The molecule has 1 aromatic rings. The van der Waals surface area contributed by atoms with Gasteiger partial charge in [-0.05, 0) is 49.9 Å². The molecule has 0 bridgehead atoms. The number of ether oxygens (including phenoxy) is 1. The zero-order valence-corrected chi connectivity index (χ0v) is 14.5. The quantitative estimate of drug-likeness (QED) is 0.819. The van der Waals surface area contributed by atoms with Crippen LogP contribution in [0.1, 0.15) is 25.7 Å². The summed E-state index contributed by atoms with van der Waals surface area (Å²) in [6.45, 7) is -0.0362. The number of carbonyl (C=O) groups excluding carboxylic acids is 2. The van der Waals surface area contributed by atoms with Crippen molar-refractivity contribution in [1.82, 2.24) is 4.90 Å². The first kappa shape index (κ1) is 18.8. The van der Waals surface area contributed by atoms with Crippen molar-refractivity contribution in [2.75, 3.05) is 26.0 Å². The zero-order valence-electron chi connectivity index (χ0n) is 14.5. The van der Waals surface area contributed by atoms with Crippen molar-refractivity contribution in [3.8, 4) is 5.75 Å². The number of nitrogens with zero attached hydrogens (tertiary/aromatic N) is 1. The first-order chi connectivity index (χ1) is 11.9. The number of amides is 2. The van der Waals surface area contributed by atoms with Gasteiger partial charge in [0, 0.05) is 25.7 Å². The molecule has 0 atom stereocenters. The number of hydrogen-bond donors (Lipinski definition) is 2. The Morgan fingerprint density at radius 1 is 1.08 bits per heavy atom. The second-order valence-electron chi connectivity index (χ2n) is 6.48. The van der Waals surface area contributed by atoms with E-state index in [0.29, 0.717) is 37.1 Å². The van der Waals surface area contributed by atoms with Gasteiger partial charge in [-0.15, -0.1) is 0 Å². The largest absolute Gasteiger partial charge is 0.484 e. The number of nitrogens with one attached hydrogen (secondary N) is 1. The average Bonchev–Trinajstić information content (AvgIpc) is 2.60. The fourth-order valence-electron chi connectivity index (χ4n) is 2.76. The van der Waals surface area contributed by atoms with Crippen molar-refractivity contribution in [2.24, 2.45) is 11.8 Å². The van der Waals surface area contributed by atoms with Crippen LogP contribution in [0.3, 0.4) is 0 Å². The molecule has 0 aliphatic heterocycles. The normalized spacial score (nSPS) is 19.8. The SMILES string of the molecule is CN(C)C(=O)COc1ccc(NC(=O)C2CCC(C(=O)O)CC2)cc1. The van der Waals surface area contributed by atoms with Crippen LogP contribution < -0.4 is 10.1 Å². The van der Waals surface area contributed by atoms with E-state index >= 15 is 0 Å². The maximum absolute atomic E-state index is 12.3. The van der Waals surface area contributed by atoms with Crippen molar-refractivity contribution in [3.63, 3.8) is 0 Å². The average molecular weight is 348 g/mol. The molecular weight excluding hydrogens is 324 g/mol. The van der Waals surface area contributed by atoms with Crippen LogP contribution in [-0.4, -0.2) is 48.5 Å². The summed E-state index contributed by atoms with van der Waals surface area (Å²) in [6, 6.07) is 6.83. The Kier molecular flexibility index (Phi) is 6.38. The second kappa shape index (κ2) is 8.50. The van der Waals surface area contributed by atoms with Crippen molar-refractivity contribution >= 4 is 23.5 Å². The highest BCUT2D eigenvalue weighted by Gasteiger charge is 2.29. The summed E-state index contributed by atoms with van der Waals surface area (Å²) in [5.74, 6) is -0.915. The Morgan fingerprint density at radius 3 is 2.16 bits per heavy atom. The lowest BCUT2D eigenvalue weighted by Crippen LogP contribution is -2.29. The Bertz CT molecular complexity index is 619. The lowest BCUT2D eigenvalue weighted by molar-refractivity contribution is -0.143. The summed E-state index contributed by atoms with van der Waals surface area (Å²) in [6.07, 6.45) is 2.27. The fraction of sp³-hybridized carbons (Fsp3) is 0.500. The molecule has 25 heavy (non-hydrogen) atoms. The van der Waals surface area contributed by atoms with E-state index in [0.717, 1.165) is 0 Å². The maximum atomic E-state index is 12.3. The molecule has 0 heterocycles. The summed E-state index contributed by atoms with van der Waals surface area (Å²) < 4.78 is 5.38. The minimum Gasteiger partial charge on any atom is -0.484 e. The Balaban J connectivity index is 1.81. The van der Waals surface area contributed by atoms with Gasteiger partial charge in [0.05, 0.1) is 5.92 Å². The molecule has 0 aromatic heterocycles. The van der Waals surface area contributed by atoms with Gasteiger partial charge in [-0.25, -0.2) is 0 Å². The third-order valence-electron chi connectivity index (χ3n) is 4.43. The molecule has 0 spiro atoms. The van der Waals surface area contributed by atoms with Gasteiger partial charge in [0.15, 0.2) is 6.61 Å². The molecule has 1 saturated carbocycles. The van der Waals surface area contributed by atoms with Gasteiger partial charge in [0.1, 0.15) is 5.75 Å². The standard InChI is InChI=1S/C18H24N2O5/c1-20(2)16(21)11-25-15-9-7-14(8-10-15)19-17(22)12-3-5-13(6-4-12)18(23)24/h7-10,12-13H,3-6,11H2,1-2H3,(H,19,22)(H,23,24). The van der Waals surface area contributed by atoms with Gasteiger partial charge in [-0.2, -0.15) is 0 Å². The topological polar surface area (TPSA) is 95.9 Å². The van der Waals surface area contributed by atoms with E-state index in [1.54, 1.807) is 38.4 Å². The molecule has 1 aliphatic carbocycles. The number of carboxylic acid groups (broad SMARTS) is 1. The monoisotopic (exact) mass is 348 g/mol. The van der Waals surface area contributed by atoms with E-state index in [-0.39, 0.29) is 30.3 Å². The van der Waals surface area contributed by atoms with Gasteiger partial charge in [0.25, 0.3) is 5.91 Å². The van der Waals surface area contributed by atoms with Gasteiger partial charge in [0.2, 0.25) is 5.91 Å². The number of aliphatic carboxylic acids is 1. The molecule has 1 fully saturated rings. The molecular formula is C18H24N2O5. The number of carboxylic acids is 1. The maximum Gasteiger partial charge on any atom is 0.306 e. The number of likely N-dealkylation sites (N-methyl/N-ethyl adjacent to an activating group) is 1. The number of anilines is 1. The summed E-state index contributed by atoms with van der Waals surface area (Å²) in [5, 5.41) is 11.8. The Labute approximate surface area is 147 Å². The Hall–Kier alpha value is -2.57. The van der Waals surface area contributed by atoms with Crippen LogP contribution in [0, 0.1) is 11.8 Å². The van der Waals surface area contributed by atoms with Crippen LogP contribution in [0.4, 0.5) is 5.69 Å². The number of hydrogen-bond acceptors (Lipinski definition) is 4. The molecule has 1 aliphatic rings. The van der Waals surface area contributed by atoms with Gasteiger partial charge in [-0.1, -0.05) is 0 Å². The van der Waals surface area contributed by atoms with Gasteiger partial charge in [-0.3, -0.25) is 14.4 Å². The molecule has 0 radical (unpaired) electrons. The smallest absolute Gasteiger partial charge is 0.306 e. The van der Waals surface area contributed by atoms with E-state index in [9.17, 15) is 14.4 Å². The predicted octanol–water partition coefficient (Wildman–Crippen LogP) is 1.98. The zero-order chi connectivity index (χ0) is 18.4. The fourth-order valence-corrected chi connectivity index (χ4v) is 2.76. The minimum absolute atomic E-state index is 0.0362. The van der Waals surface area contributed by atoms with Crippen molar-refractivity contribution < 1.29 is 24.2 Å². The highest BCUT2D eigenvalue weighted by atomic mass is 16.5. The third kappa shape index (κ3) is 5.48. The molecule has 0 unspecified atom stereocenters. The number of carbonyl (C=O) groups is 3. The van der Waals surface area contributed by atoms with Gasteiger partial charge < -0.3 is 20.1 Å². The van der Waals surface area contributed by atoms with Crippen LogP contribution in [0.5, 0.6) is 5.75 Å². The van der Waals surface area contributed by atoms with E-state index in [4.69, 9.17) is 9.84 Å². The van der Waals surface area contributed by atoms with E-state index in [1.165, 1.54) is 4.90 Å². The molecule has 2 N–H and O–H groups in total. The molecule has 7 nitrogen and oxygen atoms in total. The highest BCUT2D eigenvalue weighted by Crippen LogP contribution is 2.30. The van der Waals surface area contributed by atoms with Gasteiger partial charge >= 0.3 is 5.97 Å². The molecule has 0 saturated heterocycles. The lowest BCUT2D eigenvalue weighted by Gasteiger charge is -2.25.